The highest BCUT2D eigenvalue weighted by molar-refractivity contribution is 6.31. The van der Waals surface area contributed by atoms with Gasteiger partial charge in [-0.1, -0.05) is 11.6 Å². The molecule has 0 radical (unpaired) electrons. The fourth-order valence-corrected chi connectivity index (χ4v) is 2.08. The van der Waals surface area contributed by atoms with Gasteiger partial charge in [-0.05, 0) is 25.1 Å². The van der Waals surface area contributed by atoms with Gasteiger partial charge in [-0.3, -0.25) is 4.79 Å². The predicted octanol–water partition coefficient (Wildman–Crippen LogP) is 1.25. The van der Waals surface area contributed by atoms with Crippen molar-refractivity contribution in [1.82, 2.24) is 5.32 Å². The molecule has 0 saturated carbocycles. The number of nitrogens with two attached hydrogens (primary N) is 1. The Bertz CT molecular complexity index is 422. The maximum atomic E-state index is 11.5. The van der Waals surface area contributed by atoms with Gasteiger partial charge in [0.25, 0.3) is 0 Å². The molecule has 0 bridgehead atoms. The molecule has 1 saturated heterocycles. The molecular weight excluding hydrogens is 226 g/mol. The van der Waals surface area contributed by atoms with E-state index in [0.29, 0.717) is 17.3 Å². The Kier molecular flexibility index (Phi) is 2.92. The van der Waals surface area contributed by atoms with Crippen LogP contribution < -0.4 is 16.0 Å². The lowest BCUT2D eigenvalue weighted by Gasteiger charge is -2.35. The molecule has 1 amide bonds. The van der Waals surface area contributed by atoms with E-state index in [1.54, 1.807) is 12.1 Å². The number of benzene rings is 1. The molecular formula is C11H14ClN3O. The molecule has 3 N–H and O–H groups in total. The van der Waals surface area contributed by atoms with Crippen LogP contribution >= 0.6 is 11.6 Å². The molecule has 16 heavy (non-hydrogen) atoms. The minimum atomic E-state index is -0.197. The summed E-state index contributed by atoms with van der Waals surface area (Å²) in [6.07, 6.45) is 0. The van der Waals surface area contributed by atoms with Crippen molar-refractivity contribution >= 4 is 28.9 Å². The van der Waals surface area contributed by atoms with Crippen LogP contribution in [0.3, 0.4) is 0 Å². The number of hydrogen-bond donors (Lipinski definition) is 2. The van der Waals surface area contributed by atoms with E-state index in [4.69, 9.17) is 17.3 Å². The smallest absolute Gasteiger partial charge is 0.242 e. The number of carbonyl (C=O) groups excluding carboxylic acids is 1. The van der Waals surface area contributed by atoms with E-state index >= 15 is 0 Å². The average Bonchev–Trinajstić information content (AvgIpc) is 2.23. The third kappa shape index (κ3) is 1.93. The van der Waals surface area contributed by atoms with Crippen molar-refractivity contribution in [3.05, 3.63) is 23.2 Å². The van der Waals surface area contributed by atoms with Gasteiger partial charge >= 0.3 is 0 Å². The van der Waals surface area contributed by atoms with Crippen molar-refractivity contribution in [3.8, 4) is 0 Å². The quantitative estimate of drug-likeness (QED) is 0.726. The Morgan fingerprint density at radius 1 is 1.56 bits per heavy atom. The summed E-state index contributed by atoms with van der Waals surface area (Å²) in [4.78, 5) is 13.5. The number of piperazine rings is 1. The van der Waals surface area contributed by atoms with Crippen molar-refractivity contribution in [3.63, 3.8) is 0 Å². The number of nitrogens with zero attached hydrogens (tertiary/aromatic N) is 1. The lowest BCUT2D eigenvalue weighted by molar-refractivity contribution is -0.122. The van der Waals surface area contributed by atoms with Gasteiger partial charge in [-0.15, -0.1) is 0 Å². The second-order valence-corrected chi connectivity index (χ2v) is 4.30. The van der Waals surface area contributed by atoms with E-state index in [9.17, 15) is 4.79 Å². The predicted molar refractivity (Wildman–Crippen MR) is 65.7 cm³/mol. The Morgan fingerprint density at radius 2 is 2.31 bits per heavy atom. The summed E-state index contributed by atoms with van der Waals surface area (Å²) in [5.41, 5.74) is 7.38. The maximum absolute atomic E-state index is 11.5. The Labute approximate surface area is 99.4 Å². The molecule has 1 heterocycles. The third-order valence-corrected chi connectivity index (χ3v) is 3.03. The van der Waals surface area contributed by atoms with Crippen molar-refractivity contribution in [2.45, 2.75) is 13.0 Å². The number of anilines is 2. The average molecular weight is 240 g/mol. The summed E-state index contributed by atoms with van der Waals surface area (Å²) in [6, 6.07) is 5.15. The standard InChI is InChI=1S/C11H14ClN3O/c1-7-11(16)14-4-5-15(7)10-3-2-8(12)6-9(10)13/h2-3,6-7H,4-5,13H2,1H3,(H,14,16). The van der Waals surface area contributed by atoms with Gasteiger partial charge in [0.05, 0.1) is 11.4 Å². The number of amides is 1. The van der Waals surface area contributed by atoms with Crippen molar-refractivity contribution in [1.29, 1.82) is 0 Å². The van der Waals surface area contributed by atoms with Crippen LogP contribution in [0.15, 0.2) is 18.2 Å². The third-order valence-electron chi connectivity index (χ3n) is 2.80. The Balaban J connectivity index is 2.32. The molecule has 0 aromatic heterocycles. The van der Waals surface area contributed by atoms with Crippen LogP contribution in [0.1, 0.15) is 6.92 Å². The molecule has 1 aliphatic heterocycles. The maximum Gasteiger partial charge on any atom is 0.242 e. The van der Waals surface area contributed by atoms with Gasteiger partial charge in [0.1, 0.15) is 6.04 Å². The molecule has 4 nitrogen and oxygen atoms in total. The summed E-state index contributed by atoms with van der Waals surface area (Å²) in [5, 5.41) is 3.42. The zero-order valence-electron chi connectivity index (χ0n) is 9.03. The fraction of sp³-hybridized carbons (Fsp3) is 0.364. The van der Waals surface area contributed by atoms with Gasteiger partial charge < -0.3 is 16.0 Å². The largest absolute Gasteiger partial charge is 0.397 e. The van der Waals surface area contributed by atoms with E-state index in [0.717, 1.165) is 12.2 Å². The number of nitrogen functional groups attached to an aromatic ring is 1. The fourth-order valence-electron chi connectivity index (χ4n) is 1.90. The SMILES string of the molecule is CC1C(=O)NCCN1c1ccc(Cl)cc1N. The van der Waals surface area contributed by atoms with E-state index in [2.05, 4.69) is 5.32 Å². The minimum absolute atomic E-state index is 0.0283. The van der Waals surface area contributed by atoms with Crippen LogP contribution in [0, 0.1) is 0 Å². The summed E-state index contributed by atoms with van der Waals surface area (Å²) in [6.45, 7) is 3.27. The van der Waals surface area contributed by atoms with Crippen molar-refractivity contribution in [2.24, 2.45) is 0 Å². The molecule has 5 heteroatoms. The minimum Gasteiger partial charge on any atom is -0.397 e. The topological polar surface area (TPSA) is 58.4 Å². The first kappa shape index (κ1) is 11.1. The first-order chi connectivity index (χ1) is 7.59. The second-order valence-electron chi connectivity index (χ2n) is 3.86. The van der Waals surface area contributed by atoms with Gasteiger partial charge in [-0.25, -0.2) is 0 Å². The summed E-state index contributed by atoms with van der Waals surface area (Å²) < 4.78 is 0. The Hall–Kier alpha value is -1.42. The number of hydrogen-bond acceptors (Lipinski definition) is 3. The van der Waals surface area contributed by atoms with E-state index in [1.165, 1.54) is 0 Å². The monoisotopic (exact) mass is 239 g/mol. The molecule has 1 unspecified atom stereocenters. The lowest BCUT2D eigenvalue weighted by atomic mass is 10.1. The van der Waals surface area contributed by atoms with E-state index < -0.39 is 0 Å². The number of carbonyl (C=O) groups is 1. The lowest BCUT2D eigenvalue weighted by Crippen LogP contribution is -2.54. The van der Waals surface area contributed by atoms with Gasteiger partial charge in [0.2, 0.25) is 5.91 Å². The highest BCUT2D eigenvalue weighted by atomic mass is 35.5. The van der Waals surface area contributed by atoms with Crippen LogP contribution in [-0.4, -0.2) is 25.0 Å². The second kappa shape index (κ2) is 4.22. The molecule has 0 spiro atoms. The van der Waals surface area contributed by atoms with Crippen LogP contribution in [0.4, 0.5) is 11.4 Å². The van der Waals surface area contributed by atoms with Crippen LogP contribution in [0.5, 0.6) is 0 Å². The van der Waals surface area contributed by atoms with Crippen molar-refractivity contribution in [2.75, 3.05) is 23.7 Å². The van der Waals surface area contributed by atoms with Gasteiger partial charge in [0, 0.05) is 18.1 Å². The van der Waals surface area contributed by atoms with Crippen LogP contribution in [0.2, 0.25) is 5.02 Å². The van der Waals surface area contributed by atoms with E-state index in [1.807, 2.05) is 17.9 Å². The zero-order valence-corrected chi connectivity index (χ0v) is 9.79. The first-order valence-corrected chi connectivity index (χ1v) is 5.57. The molecule has 1 aromatic rings. The molecule has 86 valence electrons. The first-order valence-electron chi connectivity index (χ1n) is 5.19. The number of rotatable bonds is 1. The molecule has 1 aromatic carbocycles. The highest BCUT2D eigenvalue weighted by Crippen LogP contribution is 2.28. The summed E-state index contributed by atoms with van der Waals surface area (Å²) >= 11 is 5.84. The van der Waals surface area contributed by atoms with Crippen LogP contribution in [0.25, 0.3) is 0 Å². The molecule has 0 aliphatic carbocycles. The van der Waals surface area contributed by atoms with Gasteiger partial charge in [-0.2, -0.15) is 0 Å². The normalized spacial score (nSPS) is 20.8. The molecule has 1 aliphatic rings. The zero-order chi connectivity index (χ0) is 11.7. The van der Waals surface area contributed by atoms with Crippen molar-refractivity contribution < 1.29 is 4.79 Å². The molecule has 1 atom stereocenters. The van der Waals surface area contributed by atoms with Gasteiger partial charge in [0.15, 0.2) is 0 Å². The summed E-state index contributed by atoms with van der Waals surface area (Å²) in [5.74, 6) is 0.0283. The molecule has 1 fully saturated rings. The number of nitrogens with one attached hydrogen (secondary N) is 1. The van der Waals surface area contributed by atoms with E-state index in [-0.39, 0.29) is 11.9 Å². The van der Waals surface area contributed by atoms with Crippen LogP contribution in [-0.2, 0) is 4.79 Å². The molecule has 2 rings (SSSR count). The Morgan fingerprint density at radius 3 is 3.00 bits per heavy atom. The number of halogens is 1. The highest BCUT2D eigenvalue weighted by Gasteiger charge is 2.26. The summed E-state index contributed by atoms with van der Waals surface area (Å²) in [7, 11) is 0.